The van der Waals surface area contributed by atoms with Crippen LogP contribution in [-0.2, 0) is 14.8 Å². The zero-order valence-corrected chi connectivity index (χ0v) is 10.4. The van der Waals surface area contributed by atoms with Crippen LogP contribution in [0.1, 0.15) is 6.42 Å². The summed E-state index contributed by atoms with van der Waals surface area (Å²) < 4.78 is 25.7. The molecule has 0 aliphatic heterocycles. The monoisotopic (exact) mass is 277 g/mol. The SMILES string of the molecule is NC(=O)CCNS(=O)(=O)c1ccc(Cl)cc1N. The van der Waals surface area contributed by atoms with Gasteiger partial charge in [-0.25, -0.2) is 13.1 Å². The van der Waals surface area contributed by atoms with Gasteiger partial charge in [0.2, 0.25) is 15.9 Å². The van der Waals surface area contributed by atoms with Gasteiger partial charge in [-0.15, -0.1) is 0 Å². The first kappa shape index (κ1) is 13.8. The number of benzene rings is 1. The van der Waals surface area contributed by atoms with E-state index >= 15 is 0 Å². The number of carbonyl (C=O) groups is 1. The van der Waals surface area contributed by atoms with Crippen molar-refractivity contribution in [3.63, 3.8) is 0 Å². The van der Waals surface area contributed by atoms with Crippen LogP contribution >= 0.6 is 11.6 Å². The number of hydrogen-bond donors (Lipinski definition) is 3. The average molecular weight is 278 g/mol. The molecule has 0 aromatic heterocycles. The maximum atomic E-state index is 11.8. The van der Waals surface area contributed by atoms with E-state index in [1.807, 2.05) is 0 Å². The molecule has 0 aliphatic rings. The molecule has 0 heterocycles. The molecule has 1 rings (SSSR count). The average Bonchev–Trinajstić information content (AvgIpc) is 2.15. The largest absolute Gasteiger partial charge is 0.398 e. The second-order valence-electron chi connectivity index (χ2n) is 3.30. The Morgan fingerprint density at radius 2 is 2.06 bits per heavy atom. The maximum absolute atomic E-state index is 11.8. The highest BCUT2D eigenvalue weighted by Gasteiger charge is 2.17. The number of anilines is 1. The molecule has 8 heteroatoms. The maximum Gasteiger partial charge on any atom is 0.242 e. The van der Waals surface area contributed by atoms with Gasteiger partial charge in [0.1, 0.15) is 4.90 Å². The van der Waals surface area contributed by atoms with Gasteiger partial charge in [0.15, 0.2) is 0 Å². The minimum atomic E-state index is -3.74. The third-order valence-corrected chi connectivity index (χ3v) is 3.69. The Morgan fingerprint density at radius 3 is 2.59 bits per heavy atom. The van der Waals surface area contributed by atoms with Gasteiger partial charge >= 0.3 is 0 Å². The Labute approximate surface area is 104 Å². The standard InChI is InChI=1S/C9H12ClN3O3S/c10-6-1-2-8(7(11)5-6)17(15,16)13-4-3-9(12)14/h1-2,5,13H,3-4,11H2,(H2,12,14). The van der Waals surface area contributed by atoms with Crippen molar-refractivity contribution in [2.45, 2.75) is 11.3 Å². The Kier molecular flexibility index (Phi) is 4.33. The molecule has 5 N–H and O–H groups in total. The molecule has 0 aliphatic carbocycles. The lowest BCUT2D eigenvalue weighted by atomic mass is 10.3. The van der Waals surface area contributed by atoms with E-state index in [-0.39, 0.29) is 23.5 Å². The zero-order valence-electron chi connectivity index (χ0n) is 8.81. The van der Waals surface area contributed by atoms with Gasteiger partial charge in [-0.2, -0.15) is 0 Å². The van der Waals surface area contributed by atoms with Crippen LogP contribution in [-0.4, -0.2) is 20.9 Å². The number of nitrogens with one attached hydrogen (secondary N) is 1. The molecule has 1 aromatic rings. The van der Waals surface area contributed by atoms with E-state index < -0.39 is 15.9 Å². The van der Waals surface area contributed by atoms with Crippen LogP contribution in [0.5, 0.6) is 0 Å². The van der Waals surface area contributed by atoms with Crippen LogP contribution in [0.25, 0.3) is 0 Å². The van der Waals surface area contributed by atoms with Gasteiger partial charge in [-0.1, -0.05) is 11.6 Å². The summed E-state index contributed by atoms with van der Waals surface area (Å²) >= 11 is 5.66. The summed E-state index contributed by atoms with van der Waals surface area (Å²) in [6.45, 7) is -0.0697. The number of nitrogens with two attached hydrogens (primary N) is 2. The van der Waals surface area contributed by atoms with Crippen molar-refractivity contribution in [1.82, 2.24) is 4.72 Å². The fourth-order valence-corrected chi connectivity index (χ4v) is 2.47. The highest BCUT2D eigenvalue weighted by atomic mass is 35.5. The lowest BCUT2D eigenvalue weighted by Crippen LogP contribution is -2.28. The second-order valence-corrected chi connectivity index (χ2v) is 5.47. The molecule has 1 aromatic carbocycles. The molecule has 0 saturated heterocycles. The fraction of sp³-hybridized carbons (Fsp3) is 0.222. The first-order valence-corrected chi connectivity index (χ1v) is 6.52. The predicted octanol–water partition coefficient (Wildman–Crippen LogP) is 0.0759. The minimum absolute atomic E-state index is 0.0454. The van der Waals surface area contributed by atoms with Crippen LogP contribution in [0, 0.1) is 0 Å². The van der Waals surface area contributed by atoms with Crippen molar-refractivity contribution in [1.29, 1.82) is 0 Å². The molecule has 0 unspecified atom stereocenters. The quantitative estimate of drug-likeness (QED) is 0.661. The number of nitrogen functional groups attached to an aromatic ring is 1. The number of primary amides is 1. The highest BCUT2D eigenvalue weighted by Crippen LogP contribution is 2.21. The molecule has 6 nitrogen and oxygen atoms in total. The van der Waals surface area contributed by atoms with Gasteiger partial charge < -0.3 is 11.5 Å². The van der Waals surface area contributed by atoms with Crippen molar-refractivity contribution in [2.75, 3.05) is 12.3 Å². The predicted molar refractivity (Wildman–Crippen MR) is 64.9 cm³/mol. The van der Waals surface area contributed by atoms with Crippen molar-refractivity contribution in [2.24, 2.45) is 5.73 Å². The molecular formula is C9H12ClN3O3S. The summed E-state index contributed by atoms with van der Waals surface area (Å²) in [5.41, 5.74) is 10.5. The number of halogens is 1. The normalized spacial score (nSPS) is 11.4. The Balaban J connectivity index is 2.86. The van der Waals surface area contributed by atoms with Gasteiger partial charge in [0, 0.05) is 18.0 Å². The smallest absolute Gasteiger partial charge is 0.242 e. The Bertz CT molecular complexity index is 530. The molecular weight excluding hydrogens is 266 g/mol. The molecule has 0 radical (unpaired) electrons. The third kappa shape index (κ3) is 3.88. The first-order valence-electron chi connectivity index (χ1n) is 4.66. The van der Waals surface area contributed by atoms with Crippen molar-refractivity contribution < 1.29 is 13.2 Å². The molecule has 0 spiro atoms. The van der Waals surface area contributed by atoms with Crippen LogP contribution in [0.15, 0.2) is 23.1 Å². The molecule has 94 valence electrons. The summed E-state index contributed by atoms with van der Waals surface area (Å²) in [4.78, 5) is 10.4. The van der Waals surface area contributed by atoms with Crippen LogP contribution < -0.4 is 16.2 Å². The molecule has 1 amide bonds. The van der Waals surface area contributed by atoms with Gasteiger partial charge in [0.25, 0.3) is 0 Å². The Morgan fingerprint density at radius 1 is 1.41 bits per heavy atom. The van der Waals surface area contributed by atoms with Crippen molar-refractivity contribution in [3.05, 3.63) is 23.2 Å². The van der Waals surface area contributed by atoms with E-state index in [1.165, 1.54) is 18.2 Å². The van der Waals surface area contributed by atoms with Crippen LogP contribution in [0.2, 0.25) is 5.02 Å². The lowest BCUT2D eigenvalue weighted by molar-refractivity contribution is -0.117. The number of rotatable bonds is 5. The zero-order chi connectivity index (χ0) is 13.1. The van der Waals surface area contributed by atoms with E-state index in [4.69, 9.17) is 23.1 Å². The van der Waals surface area contributed by atoms with E-state index in [2.05, 4.69) is 4.72 Å². The Hall–Kier alpha value is -1.31. The number of amides is 1. The third-order valence-electron chi connectivity index (χ3n) is 1.92. The summed E-state index contributed by atoms with van der Waals surface area (Å²) in [5, 5.41) is 0.346. The summed E-state index contributed by atoms with van der Waals surface area (Å²) in [5.74, 6) is -0.586. The summed E-state index contributed by atoms with van der Waals surface area (Å²) in [6, 6.07) is 4.05. The molecule has 0 fully saturated rings. The van der Waals surface area contributed by atoms with E-state index in [0.29, 0.717) is 5.02 Å². The lowest BCUT2D eigenvalue weighted by Gasteiger charge is -2.08. The minimum Gasteiger partial charge on any atom is -0.398 e. The second kappa shape index (κ2) is 5.35. The van der Waals surface area contributed by atoms with Crippen LogP contribution in [0.4, 0.5) is 5.69 Å². The van der Waals surface area contributed by atoms with Gasteiger partial charge in [0.05, 0.1) is 5.69 Å². The van der Waals surface area contributed by atoms with Gasteiger partial charge in [-0.05, 0) is 18.2 Å². The van der Waals surface area contributed by atoms with Crippen molar-refractivity contribution in [3.8, 4) is 0 Å². The molecule has 0 atom stereocenters. The van der Waals surface area contributed by atoms with E-state index in [9.17, 15) is 13.2 Å². The summed E-state index contributed by atoms with van der Waals surface area (Å²) in [6.07, 6.45) is -0.0767. The van der Waals surface area contributed by atoms with Gasteiger partial charge in [-0.3, -0.25) is 4.79 Å². The number of sulfonamides is 1. The van der Waals surface area contributed by atoms with E-state index in [0.717, 1.165) is 0 Å². The number of hydrogen-bond acceptors (Lipinski definition) is 4. The number of carbonyl (C=O) groups excluding carboxylic acids is 1. The first-order chi connectivity index (χ1) is 7.83. The summed E-state index contributed by atoms with van der Waals surface area (Å²) in [7, 11) is -3.74. The molecule has 0 saturated carbocycles. The molecule has 17 heavy (non-hydrogen) atoms. The van der Waals surface area contributed by atoms with E-state index in [1.54, 1.807) is 0 Å². The van der Waals surface area contributed by atoms with Crippen molar-refractivity contribution >= 4 is 33.2 Å². The highest BCUT2D eigenvalue weighted by molar-refractivity contribution is 7.89. The van der Waals surface area contributed by atoms with Crippen LogP contribution in [0.3, 0.4) is 0 Å². The fourth-order valence-electron chi connectivity index (χ4n) is 1.15. The topological polar surface area (TPSA) is 115 Å². The molecule has 0 bridgehead atoms.